The summed E-state index contributed by atoms with van der Waals surface area (Å²) in [7, 11) is 0. The number of halogens is 15. The zero-order valence-electron chi connectivity index (χ0n) is 29.3. The van der Waals surface area contributed by atoms with Crippen molar-refractivity contribution in [3.05, 3.63) is 142 Å². The largest absolute Gasteiger partial charge is 0.291 e. The van der Waals surface area contributed by atoms with Crippen molar-refractivity contribution >= 4 is 22.5 Å². The summed E-state index contributed by atoms with van der Waals surface area (Å²) in [5, 5.41) is 0. The quantitative estimate of drug-likeness (QED) is 0.0436. The fraction of sp³-hybridized carbons (Fsp3) is 0.216. The molecule has 1 heterocycles. The second-order valence-electron chi connectivity index (χ2n) is 14.0. The Morgan fingerprint density at radius 1 is 0.473 bits per heavy atom. The minimum absolute atomic E-state index is 0.177. The first-order valence-electron chi connectivity index (χ1n) is 15.7. The van der Waals surface area contributed by atoms with E-state index >= 15 is 26.3 Å². The van der Waals surface area contributed by atoms with Crippen LogP contribution < -0.4 is 21.0 Å². The van der Waals surface area contributed by atoms with Crippen molar-refractivity contribution in [1.82, 2.24) is 4.57 Å². The molecule has 2 nitrogen and oxygen atoms in total. The van der Waals surface area contributed by atoms with Gasteiger partial charge < -0.3 is 0 Å². The lowest BCUT2D eigenvalue weighted by Gasteiger charge is -2.39. The fourth-order valence-electron chi connectivity index (χ4n) is 5.52. The van der Waals surface area contributed by atoms with Crippen LogP contribution in [0.25, 0.3) is 0 Å². The summed E-state index contributed by atoms with van der Waals surface area (Å²) >= 11 is 0. The minimum atomic E-state index is -5.90. The average Bonchev–Trinajstić information content (AvgIpc) is 3.66. The summed E-state index contributed by atoms with van der Waals surface area (Å²) in [5.74, 6) is -43.0. The Bertz CT molecular complexity index is 2080. The monoisotopic (exact) mass is 794 g/mol. The fourth-order valence-corrected chi connectivity index (χ4v) is 5.52. The van der Waals surface area contributed by atoms with Crippen molar-refractivity contribution in [1.29, 1.82) is 0 Å². The molecule has 0 aliphatic carbocycles. The minimum Gasteiger partial charge on any atom is -0.291 e. The van der Waals surface area contributed by atoms with Crippen LogP contribution in [0.2, 0.25) is 0 Å². The average molecular weight is 794 g/mol. The Hall–Kier alpha value is -5.34. The Morgan fingerprint density at radius 3 is 1.04 bits per heavy atom. The van der Waals surface area contributed by atoms with Gasteiger partial charge in [0.15, 0.2) is 58.5 Å². The SMILES string of the molecule is CC(C)(C)n1cc[n+](C(C)(C)C)c1.Fc1c(F)c(F)c([B-](C#Cc2ccccc2)(c2c(F)c(F)c(F)c(F)c2F)c2c(F)c(F)c(F)c(F)c2F)c(F)c1F. The highest BCUT2D eigenvalue weighted by atomic mass is 19.2. The third kappa shape index (κ3) is 7.40. The van der Waals surface area contributed by atoms with Gasteiger partial charge in [-0.25, -0.2) is 75.0 Å². The Labute approximate surface area is 303 Å². The number of nitrogens with zero attached hydrogens (tertiary/aromatic N) is 2. The molecule has 55 heavy (non-hydrogen) atoms. The van der Waals surface area contributed by atoms with Gasteiger partial charge in [0.1, 0.15) is 58.4 Å². The lowest BCUT2D eigenvalue weighted by Crippen LogP contribution is -2.72. The van der Waals surface area contributed by atoms with Gasteiger partial charge in [-0.2, -0.15) is 0 Å². The van der Waals surface area contributed by atoms with E-state index in [1.54, 1.807) is 5.92 Å². The highest BCUT2D eigenvalue weighted by molar-refractivity contribution is 7.17. The molecular formula is C37H26BF15N2. The molecule has 1 aromatic heterocycles. The molecule has 5 aromatic rings. The summed E-state index contributed by atoms with van der Waals surface area (Å²) < 4.78 is 224. The van der Waals surface area contributed by atoms with Crippen molar-refractivity contribution in [2.45, 2.75) is 52.6 Å². The van der Waals surface area contributed by atoms with Crippen LogP contribution in [0.1, 0.15) is 47.1 Å². The first kappa shape index (κ1) is 42.4. The standard InChI is InChI=1S/C26H5BF15.C11H21N2/c28-12-9(13(29)19(35)24(40)18(12)34)27(7-6-8-4-2-1-3-5-8,10-14(30)20(36)25(41)21(37)15(10)31)11-16(32)22(38)26(42)23(39)17(11)33;1-10(2,3)12-7-8-13(9-12)11(4,5)6/h1-5H;7-9H,1-6H3/q-1;+1. The maximum atomic E-state index is 15.3. The molecule has 0 radical (unpaired) electrons. The van der Waals surface area contributed by atoms with Gasteiger partial charge in [0.2, 0.25) is 6.33 Å². The van der Waals surface area contributed by atoms with E-state index in [4.69, 9.17) is 0 Å². The molecule has 292 valence electrons. The van der Waals surface area contributed by atoms with Crippen molar-refractivity contribution < 1.29 is 70.4 Å². The van der Waals surface area contributed by atoms with E-state index in [2.05, 4.69) is 69.4 Å². The summed E-state index contributed by atoms with van der Waals surface area (Å²) in [6.45, 7) is 13.3. The first-order valence-corrected chi connectivity index (χ1v) is 15.7. The van der Waals surface area contributed by atoms with Gasteiger partial charge in [-0.1, -0.05) is 18.2 Å². The normalized spacial score (nSPS) is 11.9. The van der Waals surface area contributed by atoms with E-state index in [1.165, 1.54) is 11.9 Å². The molecule has 0 spiro atoms. The summed E-state index contributed by atoms with van der Waals surface area (Å²) in [6.07, 6.45) is 0.525. The number of aromatic nitrogens is 2. The predicted molar refractivity (Wildman–Crippen MR) is 171 cm³/mol. The van der Waals surface area contributed by atoms with E-state index < -0.39 is 115 Å². The topological polar surface area (TPSA) is 8.81 Å². The molecule has 0 saturated carbocycles. The molecule has 0 aliphatic rings. The van der Waals surface area contributed by atoms with Gasteiger partial charge in [0.25, 0.3) is 0 Å². The lowest BCUT2D eigenvalue weighted by atomic mass is 9.15. The van der Waals surface area contributed by atoms with Crippen molar-refractivity contribution in [3.63, 3.8) is 0 Å². The van der Waals surface area contributed by atoms with Gasteiger partial charge in [0.05, 0.1) is 0 Å². The van der Waals surface area contributed by atoms with Crippen LogP contribution in [0.5, 0.6) is 0 Å². The summed E-state index contributed by atoms with van der Waals surface area (Å²) in [6, 6.07) is 5.51. The smallest absolute Gasteiger partial charge is 0.244 e. The lowest BCUT2D eigenvalue weighted by molar-refractivity contribution is -0.753. The van der Waals surface area contributed by atoms with Crippen LogP contribution >= 0.6 is 0 Å². The molecule has 0 unspecified atom stereocenters. The highest BCUT2D eigenvalue weighted by Gasteiger charge is 2.47. The Kier molecular flexibility index (Phi) is 11.6. The Balaban J connectivity index is 0.000000437. The van der Waals surface area contributed by atoms with Crippen LogP contribution in [-0.2, 0) is 11.1 Å². The van der Waals surface area contributed by atoms with Crippen molar-refractivity contribution in [2.24, 2.45) is 0 Å². The van der Waals surface area contributed by atoms with Gasteiger partial charge in [-0.05, 0) is 53.7 Å². The molecule has 18 heteroatoms. The van der Waals surface area contributed by atoms with Gasteiger partial charge in [-0.15, -0.1) is 22.3 Å². The summed E-state index contributed by atoms with van der Waals surface area (Å²) in [4.78, 5) is 0. The van der Waals surface area contributed by atoms with E-state index in [1.807, 2.05) is 0 Å². The summed E-state index contributed by atoms with van der Waals surface area (Å²) in [5.41, 5.74) is -8.43. The molecule has 0 bridgehead atoms. The number of benzene rings is 4. The van der Waals surface area contributed by atoms with Crippen LogP contribution in [0, 0.1) is 99.0 Å². The maximum absolute atomic E-state index is 15.3. The second-order valence-corrected chi connectivity index (χ2v) is 14.0. The third-order valence-electron chi connectivity index (χ3n) is 8.42. The maximum Gasteiger partial charge on any atom is 0.244 e. The number of imidazole rings is 1. The predicted octanol–water partition coefficient (Wildman–Crippen LogP) is 8.12. The Morgan fingerprint density at radius 2 is 0.782 bits per heavy atom. The molecule has 5 rings (SSSR count). The van der Waals surface area contributed by atoms with E-state index in [-0.39, 0.29) is 11.1 Å². The molecule has 0 N–H and O–H groups in total. The molecule has 4 aromatic carbocycles. The first-order chi connectivity index (χ1) is 25.3. The van der Waals surface area contributed by atoms with E-state index in [0.29, 0.717) is 0 Å². The van der Waals surface area contributed by atoms with E-state index in [0.717, 1.165) is 24.3 Å². The van der Waals surface area contributed by atoms with Gasteiger partial charge in [-0.3, -0.25) is 5.82 Å². The van der Waals surface area contributed by atoms with Crippen molar-refractivity contribution in [2.75, 3.05) is 0 Å². The molecule has 0 aliphatic heterocycles. The van der Waals surface area contributed by atoms with Crippen LogP contribution in [-0.4, -0.2) is 10.7 Å². The molecular weight excluding hydrogens is 768 g/mol. The van der Waals surface area contributed by atoms with Crippen LogP contribution in [0.15, 0.2) is 49.1 Å². The zero-order valence-corrected chi connectivity index (χ0v) is 29.3. The number of rotatable bonds is 3. The number of hydrogen-bond acceptors (Lipinski definition) is 0. The van der Waals surface area contributed by atoms with Crippen LogP contribution in [0.4, 0.5) is 65.9 Å². The van der Waals surface area contributed by atoms with Crippen LogP contribution in [0.3, 0.4) is 0 Å². The molecule has 0 fully saturated rings. The zero-order chi connectivity index (χ0) is 41.7. The molecule has 0 atom stereocenters. The highest BCUT2D eigenvalue weighted by Crippen LogP contribution is 2.28. The molecule has 0 saturated heterocycles. The third-order valence-corrected chi connectivity index (χ3v) is 8.42. The van der Waals surface area contributed by atoms with Gasteiger partial charge >= 0.3 is 0 Å². The van der Waals surface area contributed by atoms with Crippen molar-refractivity contribution in [3.8, 4) is 11.7 Å². The van der Waals surface area contributed by atoms with Gasteiger partial charge in [0, 0.05) is 5.56 Å². The number of hydrogen-bond donors (Lipinski definition) is 0. The van der Waals surface area contributed by atoms with E-state index in [9.17, 15) is 39.5 Å². The molecule has 0 amide bonds. The second kappa shape index (κ2) is 15.1.